The van der Waals surface area contributed by atoms with E-state index in [9.17, 15) is 19.1 Å². The van der Waals surface area contributed by atoms with Crippen molar-refractivity contribution < 1.29 is 19.1 Å². The molecule has 2 aromatic carbocycles. The number of nitrogens with zero attached hydrogens (tertiary/aromatic N) is 2. The van der Waals surface area contributed by atoms with Crippen LogP contribution in [0.5, 0.6) is 0 Å². The number of carbonyl (C=O) groups is 2. The molecule has 1 saturated heterocycles. The summed E-state index contributed by atoms with van der Waals surface area (Å²) in [4.78, 5) is 28.6. The maximum absolute atomic E-state index is 14.1. The topological polar surface area (TPSA) is 60.9 Å². The van der Waals surface area contributed by atoms with Crippen LogP contribution in [0.4, 0.5) is 4.39 Å². The van der Waals surface area contributed by atoms with Gasteiger partial charge in [-0.15, -0.1) is 0 Å². The lowest BCUT2D eigenvalue weighted by Crippen LogP contribution is -2.57. The predicted molar refractivity (Wildman–Crippen MR) is 108 cm³/mol. The molecule has 1 saturated carbocycles. The molecule has 1 N–H and O–H groups in total. The van der Waals surface area contributed by atoms with Gasteiger partial charge in [0, 0.05) is 41.8 Å². The van der Waals surface area contributed by atoms with Crippen LogP contribution in [0.1, 0.15) is 30.1 Å². The van der Waals surface area contributed by atoms with Crippen LogP contribution in [0, 0.1) is 5.82 Å². The number of aliphatic hydroxyl groups is 1. The van der Waals surface area contributed by atoms with Crippen LogP contribution in [0.2, 0.25) is 5.02 Å². The lowest BCUT2D eigenvalue weighted by atomic mass is 10.0. The molecule has 7 heteroatoms. The smallest absolute Gasteiger partial charge is 0.254 e. The summed E-state index contributed by atoms with van der Waals surface area (Å²) in [6.07, 6.45) is 1.02. The lowest BCUT2D eigenvalue weighted by Gasteiger charge is -2.40. The fourth-order valence-corrected chi connectivity index (χ4v) is 3.90. The molecule has 2 amide bonds. The van der Waals surface area contributed by atoms with Gasteiger partial charge in [-0.2, -0.15) is 0 Å². The molecule has 0 bridgehead atoms. The van der Waals surface area contributed by atoms with E-state index >= 15 is 0 Å². The molecular weight excluding hydrogens is 395 g/mol. The average Bonchev–Trinajstić information content (AvgIpc) is 3.46. The Morgan fingerprint density at radius 2 is 1.83 bits per heavy atom. The quantitative estimate of drug-likeness (QED) is 0.834. The van der Waals surface area contributed by atoms with Gasteiger partial charge in [-0.05, 0) is 55.7 Å². The van der Waals surface area contributed by atoms with Crippen LogP contribution in [0.3, 0.4) is 0 Å². The maximum atomic E-state index is 14.1. The molecule has 0 aromatic heterocycles. The monoisotopic (exact) mass is 416 g/mol. The zero-order valence-electron chi connectivity index (χ0n) is 16.1. The standard InChI is InChI=1S/C22H22ClFN2O3/c1-14-13-25(10-11-26(14)21(28)22(29)8-9-22)20(27)16-4-2-15(3-5-16)18-7-6-17(23)12-19(18)24/h2-7,12,14,29H,8-11,13H2,1H3/t14-/m0/s1. The number of halogens is 2. The van der Waals surface area contributed by atoms with E-state index in [1.54, 1.807) is 46.2 Å². The van der Waals surface area contributed by atoms with E-state index in [1.807, 2.05) is 6.92 Å². The van der Waals surface area contributed by atoms with Crippen molar-refractivity contribution in [2.75, 3.05) is 19.6 Å². The van der Waals surface area contributed by atoms with E-state index in [4.69, 9.17) is 11.6 Å². The zero-order valence-corrected chi connectivity index (χ0v) is 16.8. The van der Waals surface area contributed by atoms with Crippen molar-refractivity contribution >= 4 is 23.4 Å². The number of carbonyl (C=O) groups excluding carboxylic acids is 2. The molecule has 152 valence electrons. The first kappa shape index (κ1) is 19.9. The summed E-state index contributed by atoms with van der Waals surface area (Å²) < 4.78 is 14.1. The van der Waals surface area contributed by atoms with Crippen molar-refractivity contribution in [2.24, 2.45) is 0 Å². The number of hydrogen-bond acceptors (Lipinski definition) is 3. The summed E-state index contributed by atoms with van der Waals surface area (Å²) in [6.45, 7) is 3.12. The molecule has 0 spiro atoms. The van der Waals surface area contributed by atoms with Gasteiger partial charge in [-0.1, -0.05) is 23.7 Å². The summed E-state index contributed by atoms with van der Waals surface area (Å²) in [5.41, 5.74) is 0.410. The van der Waals surface area contributed by atoms with Gasteiger partial charge in [-0.3, -0.25) is 9.59 Å². The van der Waals surface area contributed by atoms with Gasteiger partial charge in [0.2, 0.25) is 0 Å². The molecule has 1 aliphatic heterocycles. The Morgan fingerprint density at radius 3 is 2.41 bits per heavy atom. The number of hydrogen-bond donors (Lipinski definition) is 1. The van der Waals surface area contributed by atoms with Gasteiger partial charge in [0.1, 0.15) is 11.4 Å². The van der Waals surface area contributed by atoms with Gasteiger partial charge in [0.25, 0.3) is 11.8 Å². The minimum Gasteiger partial charge on any atom is -0.380 e. The SMILES string of the molecule is C[C@H]1CN(C(=O)c2ccc(-c3ccc(Cl)cc3F)cc2)CCN1C(=O)C1(O)CC1. The van der Waals surface area contributed by atoms with Crippen molar-refractivity contribution in [1.82, 2.24) is 9.80 Å². The second-order valence-corrected chi connectivity index (χ2v) is 8.27. The van der Waals surface area contributed by atoms with Crippen molar-refractivity contribution in [3.8, 4) is 11.1 Å². The first-order valence-electron chi connectivity index (χ1n) is 9.67. The molecule has 0 unspecified atom stereocenters. The van der Waals surface area contributed by atoms with Crippen molar-refractivity contribution in [3.05, 3.63) is 58.9 Å². The minimum atomic E-state index is -1.19. The third-order valence-electron chi connectivity index (χ3n) is 5.67. The molecule has 1 heterocycles. The van der Waals surface area contributed by atoms with E-state index in [-0.39, 0.29) is 17.9 Å². The molecule has 4 rings (SSSR count). The Labute approximate surface area is 173 Å². The fourth-order valence-electron chi connectivity index (χ4n) is 3.74. The molecule has 5 nitrogen and oxygen atoms in total. The normalized spacial score (nSPS) is 20.5. The van der Waals surface area contributed by atoms with E-state index in [0.29, 0.717) is 54.2 Å². The second kappa shape index (κ2) is 7.43. The first-order chi connectivity index (χ1) is 13.8. The van der Waals surface area contributed by atoms with Crippen molar-refractivity contribution in [1.29, 1.82) is 0 Å². The summed E-state index contributed by atoms with van der Waals surface area (Å²) in [6, 6.07) is 11.1. The summed E-state index contributed by atoms with van der Waals surface area (Å²) >= 11 is 5.80. The highest BCUT2D eigenvalue weighted by Gasteiger charge is 2.51. The third kappa shape index (κ3) is 3.87. The Bertz CT molecular complexity index is 959. The maximum Gasteiger partial charge on any atom is 0.254 e. The van der Waals surface area contributed by atoms with Gasteiger partial charge in [0.15, 0.2) is 0 Å². The van der Waals surface area contributed by atoms with E-state index < -0.39 is 11.4 Å². The predicted octanol–water partition coefficient (Wildman–Crippen LogP) is 3.34. The highest BCUT2D eigenvalue weighted by molar-refractivity contribution is 6.30. The third-order valence-corrected chi connectivity index (χ3v) is 5.91. The van der Waals surface area contributed by atoms with Gasteiger partial charge >= 0.3 is 0 Å². The fraction of sp³-hybridized carbons (Fsp3) is 0.364. The van der Waals surface area contributed by atoms with Gasteiger partial charge in [0.05, 0.1) is 0 Å². The molecule has 2 aliphatic rings. The van der Waals surface area contributed by atoms with Crippen LogP contribution in [-0.2, 0) is 4.79 Å². The number of benzene rings is 2. The van der Waals surface area contributed by atoms with E-state index in [0.717, 1.165) is 0 Å². The minimum absolute atomic E-state index is 0.128. The number of rotatable bonds is 3. The van der Waals surface area contributed by atoms with E-state index in [1.165, 1.54) is 6.07 Å². The summed E-state index contributed by atoms with van der Waals surface area (Å²) in [5, 5.41) is 10.4. The van der Waals surface area contributed by atoms with Crippen LogP contribution in [0.15, 0.2) is 42.5 Å². The number of piperazine rings is 1. The largest absolute Gasteiger partial charge is 0.380 e. The molecule has 29 heavy (non-hydrogen) atoms. The molecule has 2 aromatic rings. The zero-order chi connectivity index (χ0) is 20.8. The molecule has 0 radical (unpaired) electrons. The van der Waals surface area contributed by atoms with Crippen molar-refractivity contribution in [2.45, 2.75) is 31.4 Å². The first-order valence-corrected chi connectivity index (χ1v) is 10.0. The molecular formula is C22H22ClFN2O3. The molecule has 1 aliphatic carbocycles. The van der Waals surface area contributed by atoms with Crippen LogP contribution >= 0.6 is 11.6 Å². The summed E-state index contributed by atoms with van der Waals surface area (Å²) in [7, 11) is 0. The second-order valence-electron chi connectivity index (χ2n) is 7.83. The number of amides is 2. The van der Waals surface area contributed by atoms with Crippen LogP contribution < -0.4 is 0 Å². The lowest BCUT2D eigenvalue weighted by molar-refractivity contribution is -0.146. The molecule has 2 fully saturated rings. The van der Waals surface area contributed by atoms with Crippen LogP contribution in [0.25, 0.3) is 11.1 Å². The van der Waals surface area contributed by atoms with E-state index in [2.05, 4.69) is 0 Å². The molecule has 1 atom stereocenters. The van der Waals surface area contributed by atoms with Crippen LogP contribution in [-0.4, -0.2) is 58.0 Å². The highest BCUT2D eigenvalue weighted by atomic mass is 35.5. The Balaban J connectivity index is 1.44. The highest BCUT2D eigenvalue weighted by Crippen LogP contribution is 2.37. The Morgan fingerprint density at radius 1 is 1.14 bits per heavy atom. The Hall–Kier alpha value is -2.44. The van der Waals surface area contributed by atoms with Gasteiger partial charge in [-0.25, -0.2) is 4.39 Å². The summed E-state index contributed by atoms with van der Waals surface area (Å²) in [5.74, 6) is -0.771. The van der Waals surface area contributed by atoms with Gasteiger partial charge < -0.3 is 14.9 Å². The Kier molecular flexibility index (Phi) is 5.09. The van der Waals surface area contributed by atoms with Crippen molar-refractivity contribution in [3.63, 3.8) is 0 Å². The average molecular weight is 417 g/mol.